The van der Waals surface area contributed by atoms with Crippen LogP contribution in [0.25, 0.3) is 29.4 Å². The van der Waals surface area contributed by atoms with Gasteiger partial charge in [-0.25, -0.2) is 4.99 Å². The van der Waals surface area contributed by atoms with Crippen LogP contribution in [0.5, 0.6) is 5.88 Å². The largest absolute Gasteiger partial charge is 0.494 e. The lowest BCUT2D eigenvalue weighted by molar-refractivity contribution is 0.101. The topological polar surface area (TPSA) is 65.5 Å². The molecule has 8 heteroatoms. The molecule has 0 aliphatic carbocycles. The molecule has 0 spiro atoms. The third-order valence-electron chi connectivity index (χ3n) is 9.86. The molecule has 6 heterocycles. The number of fused-ring (bicyclic) bond motifs is 3. The molecule has 0 bridgehead atoms. The maximum Gasteiger partial charge on any atom is 0.280 e. The van der Waals surface area contributed by atoms with Gasteiger partial charge in [-0.05, 0) is 59.7 Å². The number of nitrogens with zero attached hydrogens (tertiary/aromatic N) is 1. The predicted octanol–water partition coefficient (Wildman–Crippen LogP) is 14.1. The zero-order valence-electron chi connectivity index (χ0n) is 28.9. The summed E-state index contributed by atoms with van der Waals surface area (Å²) in [6.45, 7) is 4.55. The number of thiophene rings is 4. The van der Waals surface area contributed by atoms with Crippen molar-refractivity contribution in [3.05, 3.63) is 50.0 Å². The number of hydrogen-bond donors (Lipinski definition) is 2. The number of aliphatic imine (C=N–C) groups is 1. The number of hydrogen-bond acceptors (Lipinski definition) is 6. The Morgan fingerprint density at radius 3 is 1.60 bits per heavy atom. The molecule has 0 fully saturated rings. The molecule has 1 amide bonds. The van der Waals surface area contributed by atoms with Crippen LogP contribution in [0.15, 0.2) is 27.9 Å². The third kappa shape index (κ3) is 8.36. The van der Waals surface area contributed by atoms with Gasteiger partial charge in [0.1, 0.15) is 0 Å². The molecule has 0 saturated carbocycles. The van der Waals surface area contributed by atoms with Crippen molar-refractivity contribution in [2.75, 3.05) is 0 Å². The molecule has 6 rings (SSSR count). The van der Waals surface area contributed by atoms with Gasteiger partial charge in [0.15, 0.2) is 5.88 Å². The fourth-order valence-corrected chi connectivity index (χ4v) is 12.0. The molecule has 0 radical (unpaired) electrons. The number of rotatable bonds is 22. The number of aromatic nitrogens is 1. The molecule has 258 valence electrons. The Morgan fingerprint density at radius 1 is 0.625 bits per heavy atom. The van der Waals surface area contributed by atoms with E-state index < -0.39 is 0 Å². The summed E-state index contributed by atoms with van der Waals surface area (Å²) in [4.78, 5) is 23.1. The normalized spacial score (nSPS) is 13.0. The molecular formula is C40H52N2O2S4. The minimum Gasteiger partial charge on any atom is -0.494 e. The minimum atomic E-state index is -0.259. The quantitative estimate of drug-likeness (QED) is 0.0699. The van der Waals surface area contributed by atoms with Crippen molar-refractivity contribution in [3.63, 3.8) is 0 Å². The molecule has 48 heavy (non-hydrogen) atoms. The first-order chi connectivity index (χ1) is 23.6. The summed E-state index contributed by atoms with van der Waals surface area (Å²) in [5.74, 6) is -0.215. The molecule has 5 aromatic rings. The first kappa shape index (κ1) is 35.6. The van der Waals surface area contributed by atoms with E-state index in [4.69, 9.17) is 0 Å². The van der Waals surface area contributed by atoms with Gasteiger partial charge < -0.3 is 10.1 Å². The number of aromatic amines is 1. The Balaban J connectivity index is 1.07. The molecular weight excluding hydrogens is 669 g/mol. The Labute approximate surface area is 302 Å². The summed E-state index contributed by atoms with van der Waals surface area (Å²) in [5.41, 5.74) is 5.23. The van der Waals surface area contributed by atoms with E-state index in [1.807, 2.05) is 0 Å². The first-order valence-corrected chi connectivity index (χ1v) is 22.1. The maximum atomic E-state index is 13.4. The second-order valence-electron chi connectivity index (χ2n) is 13.7. The van der Waals surface area contributed by atoms with Crippen molar-refractivity contribution in [3.8, 4) is 16.5 Å². The summed E-state index contributed by atoms with van der Waals surface area (Å²) in [6, 6.07) is 4.35. The lowest BCUT2D eigenvalue weighted by atomic mass is 10.0. The number of amides is 1. The van der Waals surface area contributed by atoms with Gasteiger partial charge >= 0.3 is 0 Å². The molecule has 4 nitrogen and oxygen atoms in total. The van der Waals surface area contributed by atoms with Crippen molar-refractivity contribution in [1.82, 2.24) is 4.98 Å². The highest BCUT2D eigenvalue weighted by Gasteiger charge is 2.35. The van der Waals surface area contributed by atoms with E-state index >= 15 is 0 Å². The van der Waals surface area contributed by atoms with Crippen molar-refractivity contribution in [2.45, 2.75) is 142 Å². The van der Waals surface area contributed by atoms with Crippen molar-refractivity contribution in [1.29, 1.82) is 0 Å². The van der Waals surface area contributed by atoms with Gasteiger partial charge in [-0.2, -0.15) is 0 Å². The van der Waals surface area contributed by atoms with Crippen molar-refractivity contribution < 1.29 is 9.90 Å². The summed E-state index contributed by atoms with van der Waals surface area (Å²) >= 11 is 7.02. The van der Waals surface area contributed by atoms with Gasteiger partial charge in [-0.1, -0.05) is 117 Å². The van der Waals surface area contributed by atoms with Crippen LogP contribution in [0.4, 0.5) is 0 Å². The zero-order chi connectivity index (χ0) is 33.3. The number of nitrogens with one attached hydrogen (secondary N) is 1. The van der Waals surface area contributed by atoms with Crippen LogP contribution < -0.4 is 0 Å². The molecule has 2 N–H and O–H groups in total. The number of aromatic hydroxyl groups is 1. The molecule has 1 aliphatic heterocycles. The highest BCUT2D eigenvalue weighted by Crippen LogP contribution is 2.46. The maximum absolute atomic E-state index is 13.4. The first-order valence-electron chi connectivity index (χ1n) is 18.7. The van der Waals surface area contributed by atoms with E-state index in [1.165, 1.54) is 146 Å². The van der Waals surface area contributed by atoms with E-state index in [0.717, 1.165) is 22.6 Å². The Bertz CT molecular complexity index is 1810. The van der Waals surface area contributed by atoms with E-state index in [9.17, 15) is 9.90 Å². The molecule has 0 unspecified atom stereocenters. The third-order valence-corrected chi connectivity index (χ3v) is 14.5. The molecule has 0 aromatic carbocycles. The highest BCUT2D eigenvalue weighted by molar-refractivity contribution is 7.29. The standard InChI is InChI=1S/C40H52N2O2S4/c1-3-5-7-9-11-13-15-17-19-21-27-25-45-31-23-29(47-37(27)31)35-33-34(40(44)41-35)36(42-39(33)43)30-24-32-38(48-30)28(26-46-32)22-20-18-16-14-12-10-8-6-4-2/h23-26,41,44H,3-22H2,1-2H3. The molecule has 0 atom stereocenters. The van der Waals surface area contributed by atoms with Gasteiger partial charge in [0.25, 0.3) is 5.91 Å². The summed E-state index contributed by atoms with van der Waals surface area (Å²) in [6.07, 6.45) is 26.3. The lowest BCUT2D eigenvalue weighted by Gasteiger charge is -2.02. The second kappa shape index (κ2) is 17.6. The minimum absolute atomic E-state index is 0.0444. The Kier molecular flexibility index (Phi) is 13.0. The van der Waals surface area contributed by atoms with Gasteiger partial charge in [0.05, 0.1) is 32.3 Å². The highest BCUT2D eigenvalue weighted by atomic mass is 32.1. The van der Waals surface area contributed by atoms with Crippen molar-refractivity contribution in [2.24, 2.45) is 4.99 Å². The van der Waals surface area contributed by atoms with Crippen molar-refractivity contribution >= 4 is 75.8 Å². The monoisotopic (exact) mass is 720 g/mol. The number of carbonyl (C=O) groups excluding carboxylic acids is 1. The van der Waals surface area contributed by atoms with Crippen LogP contribution in [-0.2, 0) is 12.8 Å². The smallest absolute Gasteiger partial charge is 0.280 e. The van der Waals surface area contributed by atoms with E-state index in [2.05, 4.69) is 46.7 Å². The Hall–Kier alpha value is -2.26. The van der Waals surface area contributed by atoms with Crippen LogP contribution in [0.2, 0.25) is 0 Å². The van der Waals surface area contributed by atoms with Gasteiger partial charge in [-0.15, -0.1) is 45.3 Å². The van der Waals surface area contributed by atoms with E-state index in [-0.39, 0.29) is 11.8 Å². The number of unbranched alkanes of at least 4 members (excludes halogenated alkanes) is 16. The van der Waals surface area contributed by atoms with Crippen LogP contribution in [0, 0.1) is 0 Å². The van der Waals surface area contributed by atoms with E-state index in [0.29, 0.717) is 22.5 Å². The Morgan fingerprint density at radius 2 is 1.08 bits per heavy atom. The van der Waals surface area contributed by atoms with Gasteiger partial charge in [-0.3, -0.25) is 4.79 Å². The fourth-order valence-electron chi connectivity index (χ4n) is 7.09. The molecule has 5 aromatic heterocycles. The average Bonchev–Trinajstić information content (AvgIpc) is 3.92. The van der Waals surface area contributed by atoms with Crippen LogP contribution in [-0.4, -0.2) is 21.7 Å². The van der Waals surface area contributed by atoms with E-state index in [1.54, 1.807) is 45.3 Å². The number of aryl methyl sites for hydroxylation is 2. The predicted molar refractivity (Wildman–Crippen MR) is 213 cm³/mol. The number of H-pyrrole nitrogens is 1. The molecule has 1 aliphatic rings. The SMILES string of the molecule is CCCCCCCCCCCc1csc2cc(C3=NC(=O)c4c(-c5cc6scc(CCCCCCCCCCC)c6s5)[nH]c(O)c43)sc12. The second-order valence-corrected chi connectivity index (χ2v) is 17.6. The van der Waals surface area contributed by atoms with Crippen LogP contribution in [0.3, 0.4) is 0 Å². The number of carbonyl (C=O) groups is 1. The fraction of sp³-hybridized carbons (Fsp3) is 0.550. The summed E-state index contributed by atoms with van der Waals surface area (Å²) in [7, 11) is 0. The summed E-state index contributed by atoms with van der Waals surface area (Å²) < 4.78 is 5.14. The van der Waals surface area contributed by atoms with Crippen LogP contribution in [0.1, 0.15) is 161 Å². The van der Waals surface area contributed by atoms with Gasteiger partial charge in [0, 0.05) is 18.8 Å². The van der Waals surface area contributed by atoms with Crippen LogP contribution >= 0.6 is 45.3 Å². The summed E-state index contributed by atoms with van der Waals surface area (Å²) in [5, 5.41) is 15.8. The average molecular weight is 721 g/mol. The molecule has 0 saturated heterocycles. The lowest BCUT2D eigenvalue weighted by Crippen LogP contribution is -1.96. The zero-order valence-corrected chi connectivity index (χ0v) is 32.2. The van der Waals surface area contributed by atoms with Gasteiger partial charge in [0.2, 0.25) is 0 Å².